The molecule has 0 amide bonds. The van der Waals surface area contributed by atoms with Gasteiger partial charge in [-0.2, -0.15) is 5.10 Å². The number of carbonyl (C=O) groups excluding carboxylic acids is 2. The van der Waals surface area contributed by atoms with Crippen LogP contribution >= 0.6 is 0 Å². The smallest absolute Gasteiger partial charge is 0.608 e. The minimum atomic E-state index is -2.21. The lowest BCUT2D eigenvalue weighted by atomic mass is 9.47. The van der Waals surface area contributed by atoms with Gasteiger partial charge in [-0.15, -0.1) is 5.10 Å². The van der Waals surface area contributed by atoms with Crippen molar-refractivity contribution < 1.29 is 18.9 Å². The standard InChI is InChI=1S/C13H16BN3O4/c18-11-6-9-7-12(19)21-14(9,20-11)13-16-15-8-17(13)10-4-2-1-3-5-10/h8,10H,1-7H2. The molecule has 0 bridgehead atoms. The van der Waals surface area contributed by atoms with Crippen LogP contribution in [0.25, 0.3) is 0 Å². The quantitative estimate of drug-likeness (QED) is 0.580. The van der Waals surface area contributed by atoms with Gasteiger partial charge in [0.1, 0.15) is 24.9 Å². The zero-order chi connectivity index (χ0) is 14.4. The van der Waals surface area contributed by atoms with Crippen LogP contribution in [0.3, 0.4) is 0 Å². The van der Waals surface area contributed by atoms with Crippen LogP contribution in [0.15, 0.2) is 6.33 Å². The molecule has 1 saturated carbocycles. The van der Waals surface area contributed by atoms with Crippen molar-refractivity contribution >= 4 is 24.2 Å². The van der Waals surface area contributed by atoms with Crippen LogP contribution in [0.1, 0.15) is 51.0 Å². The molecule has 0 N–H and O–H groups in total. The van der Waals surface area contributed by atoms with E-state index < -0.39 is 6.55 Å². The SMILES string of the molecule is O=C1C[C+]2CC(=O)O[B-]2(c2nncn2C2CCCCC2)O1. The first-order valence-corrected chi connectivity index (χ1v) is 7.52. The van der Waals surface area contributed by atoms with Gasteiger partial charge in [0.15, 0.2) is 0 Å². The number of hydrogen-bond donors (Lipinski definition) is 0. The predicted molar refractivity (Wildman–Crippen MR) is 72.2 cm³/mol. The maximum atomic E-state index is 11.7. The molecule has 0 radical (unpaired) electrons. The van der Waals surface area contributed by atoms with Crippen molar-refractivity contribution in [3.8, 4) is 0 Å². The molecule has 3 aliphatic rings. The van der Waals surface area contributed by atoms with Gasteiger partial charge >= 0.3 is 18.5 Å². The maximum Gasteiger partial charge on any atom is 0.624 e. The van der Waals surface area contributed by atoms with Crippen molar-refractivity contribution in [3.05, 3.63) is 12.1 Å². The Morgan fingerprint density at radius 3 is 2.48 bits per heavy atom. The first-order valence-electron chi connectivity index (χ1n) is 7.52. The van der Waals surface area contributed by atoms with Crippen LogP contribution in [0.2, 0.25) is 0 Å². The van der Waals surface area contributed by atoms with Crippen LogP contribution in [-0.2, 0) is 18.9 Å². The molecule has 2 saturated heterocycles. The molecule has 110 valence electrons. The zero-order valence-electron chi connectivity index (χ0n) is 11.7. The summed E-state index contributed by atoms with van der Waals surface area (Å²) in [6, 6.07) is 0.292. The third kappa shape index (κ3) is 1.85. The Bertz CT molecular complexity index is 576. The second-order valence-corrected chi connectivity index (χ2v) is 6.09. The van der Waals surface area contributed by atoms with Gasteiger partial charge in [-0.25, -0.2) is 0 Å². The normalized spacial score (nSPS) is 24.9. The zero-order valence-corrected chi connectivity index (χ0v) is 11.7. The Balaban J connectivity index is 1.74. The minimum Gasteiger partial charge on any atom is -0.608 e. The van der Waals surface area contributed by atoms with Crippen molar-refractivity contribution in [1.82, 2.24) is 14.8 Å². The summed E-state index contributed by atoms with van der Waals surface area (Å²) in [5.74, 6) is 0.00134. The number of nitrogens with zero attached hydrogens (tertiary/aromatic N) is 3. The van der Waals surface area contributed by atoms with Crippen molar-refractivity contribution in [3.63, 3.8) is 0 Å². The summed E-state index contributed by atoms with van der Waals surface area (Å²) in [7, 11) is 0. The summed E-state index contributed by atoms with van der Waals surface area (Å²) in [5, 5.41) is 8.12. The summed E-state index contributed by atoms with van der Waals surface area (Å²) in [5.41, 5.74) is 0.494. The van der Waals surface area contributed by atoms with Crippen LogP contribution in [0, 0.1) is 5.82 Å². The highest BCUT2D eigenvalue weighted by Gasteiger charge is 2.68. The van der Waals surface area contributed by atoms with Gasteiger partial charge in [0.05, 0.1) is 0 Å². The fraction of sp³-hybridized carbons (Fsp3) is 0.615. The van der Waals surface area contributed by atoms with E-state index >= 15 is 0 Å². The molecule has 8 heteroatoms. The average Bonchev–Trinajstić information content (AvgIpc) is 3.12. The van der Waals surface area contributed by atoms with E-state index in [0.717, 1.165) is 12.8 Å². The largest absolute Gasteiger partial charge is 0.624 e. The summed E-state index contributed by atoms with van der Waals surface area (Å²) < 4.78 is 12.8. The van der Waals surface area contributed by atoms with Crippen molar-refractivity contribution in [2.24, 2.45) is 0 Å². The van der Waals surface area contributed by atoms with E-state index in [1.54, 1.807) is 6.33 Å². The van der Waals surface area contributed by atoms with E-state index in [2.05, 4.69) is 10.2 Å². The van der Waals surface area contributed by atoms with Gasteiger partial charge in [0.25, 0.3) is 0 Å². The molecule has 3 heterocycles. The number of rotatable bonds is 2. The lowest BCUT2D eigenvalue weighted by Crippen LogP contribution is -2.57. The Hall–Kier alpha value is -1.99. The first-order chi connectivity index (χ1) is 10.2. The summed E-state index contributed by atoms with van der Waals surface area (Å²) in [6.07, 6.45) is 7.62. The summed E-state index contributed by atoms with van der Waals surface area (Å²) in [6.45, 7) is -2.21. The second-order valence-electron chi connectivity index (χ2n) is 6.09. The highest BCUT2D eigenvalue weighted by Crippen LogP contribution is 2.40. The van der Waals surface area contributed by atoms with Gasteiger partial charge in [-0.1, -0.05) is 19.3 Å². The molecule has 0 atom stereocenters. The molecule has 2 aliphatic heterocycles. The molecule has 21 heavy (non-hydrogen) atoms. The number of carbonyl (C=O) groups is 2. The molecule has 1 aliphatic carbocycles. The monoisotopic (exact) mass is 289 g/mol. The van der Waals surface area contributed by atoms with Crippen LogP contribution in [-0.4, -0.2) is 33.3 Å². The van der Waals surface area contributed by atoms with E-state index in [1.165, 1.54) is 19.3 Å². The molecule has 0 spiro atoms. The van der Waals surface area contributed by atoms with Crippen molar-refractivity contribution in [1.29, 1.82) is 0 Å². The van der Waals surface area contributed by atoms with Crippen LogP contribution in [0.5, 0.6) is 0 Å². The Morgan fingerprint density at radius 1 is 1.14 bits per heavy atom. The highest BCUT2D eigenvalue weighted by molar-refractivity contribution is 6.89. The first kappa shape index (κ1) is 12.7. The van der Waals surface area contributed by atoms with E-state index in [0.29, 0.717) is 17.6 Å². The summed E-state index contributed by atoms with van der Waals surface area (Å²) in [4.78, 5) is 23.4. The fourth-order valence-corrected chi connectivity index (χ4v) is 3.80. The molecule has 0 aromatic carbocycles. The Morgan fingerprint density at radius 2 is 1.81 bits per heavy atom. The van der Waals surface area contributed by atoms with E-state index in [-0.39, 0.29) is 24.8 Å². The molecule has 1 aromatic rings. The highest BCUT2D eigenvalue weighted by atomic mass is 16.7. The van der Waals surface area contributed by atoms with Crippen LogP contribution in [0.4, 0.5) is 0 Å². The Kier molecular flexibility index (Phi) is 2.73. The predicted octanol–water partition coefficient (Wildman–Crippen LogP) is 0.440. The number of aromatic nitrogens is 3. The van der Waals surface area contributed by atoms with E-state index in [9.17, 15) is 9.59 Å². The lowest BCUT2D eigenvalue weighted by molar-refractivity contribution is -0.138. The fourth-order valence-electron chi connectivity index (χ4n) is 3.80. The number of hydrogen-bond acceptors (Lipinski definition) is 6. The maximum absolute atomic E-state index is 11.7. The molecule has 1 aromatic heterocycles. The third-order valence-electron chi connectivity index (χ3n) is 4.78. The molecular formula is C13H16BN3O4. The lowest BCUT2D eigenvalue weighted by Gasteiger charge is -2.29. The number of fused-ring (bicyclic) bond motifs is 1. The van der Waals surface area contributed by atoms with Crippen molar-refractivity contribution in [2.75, 3.05) is 0 Å². The van der Waals surface area contributed by atoms with Crippen molar-refractivity contribution in [2.45, 2.75) is 51.0 Å². The molecule has 0 unspecified atom stereocenters. The molecule has 7 nitrogen and oxygen atoms in total. The third-order valence-corrected chi connectivity index (χ3v) is 4.78. The Labute approximate surface area is 122 Å². The van der Waals surface area contributed by atoms with Gasteiger partial charge in [0.2, 0.25) is 0 Å². The molecule has 4 rings (SSSR count). The summed E-state index contributed by atoms with van der Waals surface area (Å²) >= 11 is 0. The van der Waals surface area contributed by atoms with Gasteiger partial charge in [-0.05, 0) is 12.8 Å². The second kappa shape index (κ2) is 4.51. The van der Waals surface area contributed by atoms with Gasteiger partial charge in [0, 0.05) is 11.9 Å². The van der Waals surface area contributed by atoms with Gasteiger partial charge < -0.3 is 13.9 Å². The topological polar surface area (TPSA) is 83.3 Å². The van der Waals surface area contributed by atoms with E-state index in [1.807, 2.05) is 4.57 Å². The molecule has 3 fully saturated rings. The van der Waals surface area contributed by atoms with E-state index in [4.69, 9.17) is 9.31 Å². The molecular weight excluding hydrogens is 273 g/mol. The van der Waals surface area contributed by atoms with Crippen LogP contribution < -0.4 is 5.72 Å². The van der Waals surface area contributed by atoms with Gasteiger partial charge in [-0.3, -0.25) is 9.59 Å². The average molecular weight is 289 g/mol. The minimum absolute atomic E-state index is 0.142.